The lowest BCUT2D eigenvalue weighted by atomic mass is 10.1. The van der Waals surface area contributed by atoms with E-state index < -0.39 is 0 Å². The largest absolute Gasteiger partial charge is 0.345 e. The summed E-state index contributed by atoms with van der Waals surface area (Å²) in [5, 5.41) is 6.01. The van der Waals surface area contributed by atoms with E-state index in [1.54, 1.807) is 0 Å². The second-order valence-corrected chi connectivity index (χ2v) is 3.58. The van der Waals surface area contributed by atoms with Gasteiger partial charge in [-0.25, -0.2) is 0 Å². The van der Waals surface area contributed by atoms with Crippen molar-refractivity contribution in [2.45, 2.75) is 45.6 Å². The van der Waals surface area contributed by atoms with Gasteiger partial charge in [0.2, 0.25) is 5.91 Å². The van der Waals surface area contributed by atoms with Crippen LogP contribution in [0, 0.1) is 12.3 Å². The lowest BCUT2D eigenvalue weighted by Crippen LogP contribution is -2.33. The molecule has 0 saturated carbocycles. The Morgan fingerprint density at radius 1 is 1.47 bits per heavy atom. The molecule has 0 spiro atoms. The Bertz CT molecular complexity index is 208. The molecule has 0 aliphatic heterocycles. The number of terminal acetylenes is 1. The summed E-state index contributed by atoms with van der Waals surface area (Å²) >= 11 is 0. The highest BCUT2D eigenvalue weighted by atomic mass is 16.1. The van der Waals surface area contributed by atoms with Crippen LogP contribution in [0.2, 0.25) is 0 Å². The van der Waals surface area contributed by atoms with Gasteiger partial charge in [-0.15, -0.1) is 6.42 Å². The highest BCUT2D eigenvalue weighted by Crippen LogP contribution is 2.00. The Kier molecular flexibility index (Phi) is 8.90. The minimum absolute atomic E-state index is 0.0202. The Hall–Kier alpha value is -1.01. The average molecular weight is 210 g/mol. The predicted molar refractivity (Wildman–Crippen MR) is 63.4 cm³/mol. The molecule has 1 amide bonds. The summed E-state index contributed by atoms with van der Waals surface area (Å²) in [6.07, 6.45) is 8.99. The maximum Gasteiger partial charge on any atom is 0.222 e. The van der Waals surface area contributed by atoms with Crippen LogP contribution < -0.4 is 10.6 Å². The van der Waals surface area contributed by atoms with E-state index in [9.17, 15) is 4.79 Å². The van der Waals surface area contributed by atoms with Gasteiger partial charge in [0, 0.05) is 19.0 Å². The molecule has 0 radical (unpaired) electrons. The molecule has 86 valence electrons. The van der Waals surface area contributed by atoms with Crippen LogP contribution in [-0.2, 0) is 4.79 Å². The molecule has 0 fully saturated rings. The molecule has 15 heavy (non-hydrogen) atoms. The summed E-state index contributed by atoms with van der Waals surface area (Å²) in [6.45, 7) is 5.38. The van der Waals surface area contributed by atoms with E-state index >= 15 is 0 Å². The Labute approximate surface area is 93.0 Å². The van der Waals surface area contributed by atoms with E-state index in [4.69, 9.17) is 6.42 Å². The average Bonchev–Trinajstić information content (AvgIpc) is 2.25. The van der Waals surface area contributed by atoms with Gasteiger partial charge in [-0.2, -0.15) is 0 Å². The van der Waals surface area contributed by atoms with E-state index in [1.807, 2.05) is 0 Å². The van der Waals surface area contributed by atoms with Crippen molar-refractivity contribution in [3.8, 4) is 12.3 Å². The molecule has 0 heterocycles. The first-order valence-electron chi connectivity index (χ1n) is 5.68. The van der Waals surface area contributed by atoms with Crippen molar-refractivity contribution >= 4 is 5.91 Å². The second kappa shape index (κ2) is 9.54. The van der Waals surface area contributed by atoms with Crippen molar-refractivity contribution in [2.24, 2.45) is 0 Å². The van der Waals surface area contributed by atoms with Crippen molar-refractivity contribution in [1.82, 2.24) is 10.6 Å². The first-order valence-corrected chi connectivity index (χ1v) is 5.68. The minimum atomic E-state index is 0.0202. The molecule has 0 aliphatic rings. The van der Waals surface area contributed by atoms with Gasteiger partial charge in [0.05, 0.1) is 6.54 Å². The van der Waals surface area contributed by atoms with Gasteiger partial charge in [-0.05, 0) is 12.8 Å². The Balaban J connectivity index is 3.50. The molecule has 1 atom stereocenters. The molecule has 1 unspecified atom stereocenters. The molecule has 0 bridgehead atoms. The fraction of sp³-hybridized carbons (Fsp3) is 0.750. The zero-order valence-corrected chi connectivity index (χ0v) is 9.81. The first-order chi connectivity index (χ1) is 7.24. The summed E-state index contributed by atoms with van der Waals surface area (Å²) < 4.78 is 0. The smallest absolute Gasteiger partial charge is 0.222 e. The van der Waals surface area contributed by atoms with Gasteiger partial charge in [-0.3, -0.25) is 4.79 Å². The molecule has 0 aliphatic carbocycles. The fourth-order valence-corrected chi connectivity index (χ4v) is 1.43. The van der Waals surface area contributed by atoms with E-state index in [1.165, 1.54) is 12.8 Å². The highest BCUT2D eigenvalue weighted by molar-refractivity contribution is 5.76. The van der Waals surface area contributed by atoms with E-state index in [2.05, 4.69) is 30.4 Å². The van der Waals surface area contributed by atoms with Crippen molar-refractivity contribution < 1.29 is 4.79 Å². The number of rotatable bonds is 8. The molecule has 3 heteroatoms. The van der Waals surface area contributed by atoms with Gasteiger partial charge in [0.25, 0.3) is 0 Å². The van der Waals surface area contributed by atoms with Crippen LogP contribution in [0.25, 0.3) is 0 Å². The standard InChI is InChI=1S/C12H22N2O/c1-4-7-11(6-3)13-10-8-12(15)14-9-5-2/h2,11,13H,4,6-10H2,1,3H3,(H,14,15). The maximum absolute atomic E-state index is 11.2. The molecule has 0 aromatic heterocycles. The highest BCUT2D eigenvalue weighted by Gasteiger charge is 2.05. The van der Waals surface area contributed by atoms with E-state index in [0.717, 1.165) is 13.0 Å². The summed E-state index contributed by atoms with van der Waals surface area (Å²) in [7, 11) is 0. The third kappa shape index (κ3) is 8.02. The number of hydrogen-bond donors (Lipinski definition) is 2. The zero-order valence-electron chi connectivity index (χ0n) is 9.81. The lowest BCUT2D eigenvalue weighted by Gasteiger charge is -2.15. The molecule has 0 rings (SSSR count). The van der Waals surface area contributed by atoms with E-state index in [0.29, 0.717) is 19.0 Å². The predicted octanol–water partition coefficient (Wildman–Crippen LogP) is 1.29. The van der Waals surface area contributed by atoms with Gasteiger partial charge in [-0.1, -0.05) is 26.2 Å². The Morgan fingerprint density at radius 2 is 2.20 bits per heavy atom. The second-order valence-electron chi connectivity index (χ2n) is 3.58. The molecule has 0 saturated heterocycles. The molecule has 3 nitrogen and oxygen atoms in total. The first kappa shape index (κ1) is 14.0. The SMILES string of the molecule is C#CCNC(=O)CCNC(CC)CCC. The summed E-state index contributed by atoms with van der Waals surface area (Å²) in [4.78, 5) is 11.2. The van der Waals surface area contributed by atoms with Crippen molar-refractivity contribution in [2.75, 3.05) is 13.1 Å². The summed E-state index contributed by atoms with van der Waals surface area (Å²) in [6, 6.07) is 0.537. The summed E-state index contributed by atoms with van der Waals surface area (Å²) in [5.41, 5.74) is 0. The molecular weight excluding hydrogens is 188 g/mol. The van der Waals surface area contributed by atoms with Crippen LogP contribution in [0.15, 0.2) is 0 Å². The third-order valence-corrected chi connectivity index (χ3v) is 2.30. The monoisotopic (exact) mass is 210 g/mol. The topological polar surface area (TPSA) is 41.1 Å². The van der Waals surface area contributed by atoms with E-state index in [-0.39, 0.29) is 5.91 Å². The van der Waals surface area contributed by atoms with Gasteiger partial charge >= 0.3 is 0 Å². The van der Waals surface area contributed by atoms with Crippen molar-refractivity contribution in [1.29, 1.82) is 0 Å². The van der Waals surface area contributed by atoms with Crippen LogP contribution in [0.3, 0.4) is 0 Å². The van der Waals surface area contributed by atoms with Crippen LogP contribution in [0.5, 0.6) is 0 Å². The van der Waals surface area contributed by atoms with Crippen LogP contribution in [0.1, 0.15) is 39.5 Å². The number of hydrogen-bond acceptors (Lipinski definition) is 2. The van der Waals surface area contributed by atoms with Gasteiger partial charge in [0.1, 0.15) is 0 Å². The fourth-order valence-electron chi connectivity index (χ4n) is 1.43. The molecule has 2 N–H and O–H groups in total. The molecule has 0 aromatic rings. The van der Waals surface area contributed by atoms with Crippen molar-refractivity contribution in [3.63, 3.8) is 0 Å². The van der Waals surface area contributed by atoms with Crippen LogP contribution in [0.4, 0.5) is 0 Å². The zero-order chi connectivity index (χ0) is 11.5. The minimum Gasteiger partial charge on any atom is -0.345 e. The van der Waals surface area contributed by atoms with Crippen molar-refractivity contribution in [3.05, 3.63) is 0 Å². The van der Waals surface area contributed by atoms with Gasteiger partial charge in [0.15, 0.2) is 0 Å². The number of nitrogens with one attached hydrogen (secondary N) is 2. The van der Waals surface area contributed by atoms with Crippen LogP contribution in [-0.4, -0.2) is 25.0 Å². The number of amides is 1. The maximum atomic E-state index is 11.2. The van der Waals surface area contributed by atoms with Gasteiger partial charge < -0.3 is 10.6 Å². The molecule has 0 aromatic carbocycles. The van der Waals surface area contributed by atoms with Crippen LogP contribution >= 0.6 is 0 Å². The molecular formula is C12H22N2O. The Morgan fingerprint density at radius 3 is 2.73 bits per heavy atom. The number of carbonyl (C=O) groups is 1. The number of carbonyl (C=O) groups excluding carboxylic acids is 1. The third-order valence-electron chi connectivity index (χ3n) is 2.30. The lowest BCUT2D eigenvalue weighted by molar-refractivity contribution is -0.120. The normalized spacial score (nSPS) is 11.8. The quantitative estimate of drug-likeness (QED) is 0.593. The summed E-state index contributed by atoms with van der Waals surface area (Å²) in [5.74, 6) is 2.40.